The van der Waals surface area contributed by atoms with Crippen LogP contribution in [0.2, 0.25) is 10.0 Å². The van der Waals surface area contributed by atoms with Gasteiger partial charge in [0.05, 0.1) is 0 Å². The number of anilines is 1. The first kappa shape index (κ1) is 20.5. The van der Waals surface area contributed by atoms with Crippen LogP contribution < -0.4 is 10.6 Å². The number of carbonyl (C=O) groups is 2. The number of carbonyl (C=O) groups excluding carboxylic acids is 2. The Balaban J connectivity index is 1.39. The number of hydrogen-bond acceptors (Lipinski definition) is 2. The van der Waals surface area contributed by atoms with Gasteiger partial charge in [-0.1, -0.05) is 41.4 Å². The highest BCUT2D eigenvalue weighted by Gasteiger charge is 2.24. The van der Waals surface area contributed by atoms with Gasteiger partial charge in [0.2, 0.25) is 5.91 Å². The quantitative estimate of drug-likeness (QED) is 0.720. The minimum absolute atomic E-state index is 0.0387. The molecule has 0 aliphatic carbocycles. The molecular weight excluding hydrogens is 397 g/mol. The Bertz CT molecular complexity index is 819. The molecule has 28 heavy (non-hydrogen) atoms. The number of halogens is 2. The van der Waals surface area contributed by atoms with Crippen molar-refractivity contribution < 1.29 is 9.59 Å². The number of likely N-dealkylation sites (tertiary alicyclic amines) is 1. The normalized spacial score (nSPS) is 14.6. The molecule has 2 aromatic carbocycles. The summed E-state index contributed by atoms with van der Waals surface area (Å²) in [6, 6.07) is 14.4. The van der Waals surface area contributed by atoms with Crippen molar-refractivity contribution in [3.8, 4) is 0 Å². The minimum Gasteiger partial charge on any atom is -0.352 e. The van der Waals surface area contributed by atoms with Gasteiger partial charge >= 0.3 is 6.03 Å². The fourth-order valence-electron chi connectivity index (χ4n) is 3.25. The van der Waals surface area contributed by atoms with Gasteiger partial charge in [0.1, 0.15) is 0 Å². The summed E-state index contributed by atoms with van der Waals surface area (Å²) in [5.74, 6) is 0.331. The van der Waals surface area contributed by atoms with Crippen LogP contribution in [-0.2, 0) is 11.3 Å². The molecule has 2 N–H and O–H groups in total. The van der Waals surface area contributed by atoms with Crippen LogP contribution in [0.15, 0.2) is 48.5 Å². The lowest BCUT2D eigenvalue weighted by Gasteiger charge is -2.31. The lowest BCUT2D eigenvalue weighted by molar-refractivity contribution is -0.122. The number of nitrogens with zero attached hydrogens (tertiary/aromatic N) is 1. The molecule has 1 heterocycles. The molecule has 3 amide bonds. The average molecular weight is 420 g/mol. The Hall–Kier alpha value is -2.24. The fraction of sp³-hybridized carbons (Fsp3) is 0.333. The molecule has 0 atom stereocenters. The summed E-state index contributed by atoms with van der Waals surface area (Å²) in [4.78, 5) is 26.4. The van der Waals surface area contributed by atoms with Crippen molar-refractivity contribution in [2.45, 2.75) is 25.8 Å². The Labute approximate surface area is 175 Å². The van der Waals surface area contributed by atoms with E-state index in [1.807, 2.05) is 30.3 Å². The number of rotatable bonds is 5. The van der Waals surface area contributed by atoms with Gasteiger partial charge in [-0.05, 0) is 54.7 Å². The number of urea groups is 1. The van der Waals surface area contributed by atoms with E-state index < -0.39 is 0 Å². The smallest absolute Gasteiger partial charge is 0.321 e. The van der Waals surface area contributed by atoms with Gasteiger partial charge < -0.3 is 15.5 Å². The molecule has 7 heteroatoms. The Morgan fingerprint density at radius 2 is 1.71 bits per heavy atom. The zero-order chi connectivity index (χ0) is 19.9. The largest absolute Gasteiger partial charge is 0.352 e. The Kier molecular flexibility index (Phi) is 7.18. The van der Waals surface area contributed by atoms with E-state index in [0.717, 1.165) is 18.4 Å². The van der Waals surface area contributed by atoms with Crippen LogP contribution in [0, 0.1) is 5.92 Å². The van der Waals surface area contributed by atoms with Gasteiger partial charge in [-0.15, -0.1) is 0 Å². The summed E-state index contributed by atoms with van der Waals surface area (Å²) in [6.07, 6.45) is 2.12. The lowest BCUT2D eigenvalue weighted by atomic mass is 9.93. The third-order valence-corrected chi connectivity index (χ3v) is 5.34. The van der Waals surface area contributed by atoms with Crippen LogP contribution in [0.5, 0.6) is 0 Å². The van der Waals surface area contributed by atoms with Crippen molar-refractivity contribution >= 4 is 40.8 Å². The predicted molar refractivity (Wildman–Crippen MR) is 113 cm³/mol. The SMILES string of the molecule is O=C(CC1CCN(C(=O)Nc2cccc(Cl)c2)CC1)NCc1ccc(Cl)cc1. The van der Waals surface area contributed by atoms with E-state index in [1.165, 1.54) is 0 Å². The van der Waals surface area contributed by atoms with Crippen molar-refractivity contribution in [2.24, 2.45) is 5.92 Å². The van der Waals surface area contributed by atoms with Crippen LogP contribution in [0.25, 0.3) is 0 Å². The lowest BCUT2D eigenvalue weighted by Crippen LogP contribution is -2.41. The second-order valence-corrected chi connectivity index (χ2v) is 7.85. The minimum atomic E-state index is -0.132. The molecule has 2 aromatic rings. The molecule has 1 aliphatic rings. The molecule has 0 aromatic heterocycles. The first-order chi connectivity index (χ1) is 13.5. The first-order valence-electron chi connectivity index (χ1n) is 9.32. The number of nitrogens with one attached hydrogen (secondary N) is 2. The van der Waals surface area contributed by atoms with E-state index in [1.54, 1.807) is 23.1 Å². The van der Waals surface area contributed by atoms with Crippen LogP contribution >= 0.6 is 23.2 Å². The molecule has 3 rings (SSSR count). The molecule has 0 spiro atoms. The molecule has 5 nitrogen and oxygen atoms in total. The second-order valence-electron chi connectivity index (χ2n) is 6.98. The molecule has 1 fully saturated rings. The number of benzene rings is 2. The standard InChI is InChI=1S/C21H23Cl2N3O2/c22-17-6-4-16(5-7-17)14-24-20(27)12-15-8-10-26(11-9-15)21(28)25-19-3-1-2-18(23)13-19/h1-7,13,15H,8-12,14H2,(H,24,27)(H,25,28). The summed E-state index contributed by atoms with van der Waals surface area (Å²) in [7, 11) is 0. The molecule has 148 valence electrons. The van der Waals surface area contributed by atoms with Gasteiger partial charge in [0.25, 0.3) is 0 Å². The van der Waals surface area contributed by atoms with Gasteiger partial charge in [-0.3, -0.25) is 4.79 Å². The summed E-state index contributed by atoms with van der Waals surface area (Å²) >= 11 is 11.8. The maximum absolute atomic E-state index is 12.4. The topological polar surface area (TPSA) is 61.4 Å². The molecular formula is C21H23Cl2N3O2. The van der Waals surface area contributed by atoms with Gasteiger partial charge in [-0.2, -0.15) is 0 Å². The molecule has 1 saturated heterocycles. The van der Waals surface area contributed by atoms with Gasteiger partial charge in [0.15, 0.2) is 0 Å². The average Bonchev–Trinajstić information content (AvgIpc) is 2.68. The van der Waals surface area contributed by atoms with Crippen LogP contribution in [-0.4, -0.2) is 29.9 Å². The third kappa shape index (κ3) is 6.14. The van der Waals surface area contributed by atoms with Crippen molar-refractivity contribution in [2.75, 3.05) is 18.4 Å². The third-order valence-electron chi connectivity index (χ3n) is 4.85. The van der Waals surface area contributed by atoms with E-state index in [0.29, 0.717) is 47.7 Å². The maximum atomic E-state index is 12.4. The van der Waals surface area contributed by atoms with Crippen LogP contribution in [0.4, 0.5) is 10.5 Å². The van der Waals surface area contributed by atoms with E-state index in [4.69, 9.17) is 23.2 Å². The van der Waals surface area contributed by atoms with Crippen LogP contribution in [0.1, 0.15) is 24.8 Å². The highest BCUT2D eigenvalue weighted by Crippen LogP contribution is 2.22. The second kappa shape index (κ2) is 9.80. The summed E-state index contributed by atoms with van der Waals surface area (Å²) in [5.41, 5.74) is 1.70. The van der Waals surface area contributed by atoms with Crippen molar-refractivity contribution in [3.05, 3.63) is 64.1 Å². The number of hydrogen-bond donors (Lipinski definition) is 2. The highest BCUT2D eigenvalue weighted by atomic mass is 35.5. The first-order valence-corrected chi connectivity index (χ1v) is 10.1. The van der Waals surface area contributed by atoms with Crippen molar-refractivity contribution in [1.82, 2.24) is 10.2 Å². The van der Waals surface area contributed by atoms with E-state index in [-0.39, 0.29) is 11.9 Å². The van der Waals surface area contributed by atoms with E-state index in [2.05, 4.69) is 10.6 Å². The zero-order valence-electron chi connectivity index (χ0n) is 15.5. The maximum Gasteiger partial charge on any atom is 0.321 e. The predicted octanol–water partition coefficient (Wildman–Crippen LogP) is 4.94. The highest BCUT2D eigenvalue weighted by molar-refractivity contribution is 6.31. The molecule has 0 radical (unpaired) electrons. The van der Waals surface area contributed by atoms with Crippen LogP contribution in [0.3, 0.4) is 0 Å². The summed E-state index contributed by atoms with van der Waals surface area (Å²) < 4.78 is 0. The number of piperidine rings is 1. The number of amides is 3. The fourth-order valence-corrected chi connectivity index (χ4v) is 3.56. The van der Waals surface area contributed by atoms with Crippen molar-refractivity contribution in [1.29, 1.82) is 0 Å². The zero-order valence-corrected chi connectivity index (χ0v) is 17.0. The monoisotopic (exact) mass is 419 g/mol. The van der Waals surface area contributed by atoms with Gasteiger partial charge in [-0.25, -0.2) is 4.79 Å². The van der Waals surface area contributed by atoms with E-state index >= 15 is 0 Å². The Morgan fingerprint density at radius 1 is 1.00 bits per heavy atom. The molecule has 1 aliphatic heterocycles. The van der Waals surface area contributed by atoms with Crippen molar-refractivity contribution in [3.63, 3.8) is 0 Å². The Morgan fingerprint density at radius 3 is 2.39 bits per heavy atom. The molecule has 0 unspecified atom stereocenters. The summed E-state index contributed by atoms with van der Waals surface area (Å²) in [5, 5.41) is 7.08. The van der Waals surface area contributed by atoms with E-state index in [9.17, 15) is 9.59 Å². The molecule has 0 bridgehead atoms. The summed E-state index contributed by atoms with van der Waals surface area (Å²) in [6.45, 7) is 1.78. The van der Waals surface area contributed by atoms with Gasteiger partial charge in [0, 0.05) is 41.8 Å². The molecule has 0 saturated carbocycles.